The zero-order valence-corrected chi connectivity index (χ0v) is 13.4. The Kier molecular flexibility index (Phi) is 5.30. The molecule has 112 valence electrons. The van der Waals surface area contributed by atoms with Crippen LogP contribution in [0.5, 0.6) is 0 Å². The van der Waals surface area contributed by atoms with Gasteiger partial charge in [0.1, 0.15) is 0 Å². The summed E-state index contributed by atoms with van der Waals surface area (Å²) in [6.45, 7) is 7.25. The molecule has 2 saturated carbocycles. The van der Waals surface area contributed by atoms with Gasteiger partial charge >= 0.3 is 0 Å². The summed E-state index contributed by atoms with van der Waals surface area (Å²) in [5.41, 5.74) is 0.446. The van der Waals surface area contributed by atoms with Crippen molar-refractivity contribution in [2.75, 3.05) is 7.11 Å². The van der Waals surface area contributed by atoms with Crippen LogP contribution in [-0.2, 0) is 4.74 Å². The zero-order valence-electron chi connectivity index (χ0n) is 13.4. The van der Waals surface area contributed by atoms with Crippen molar-refractivity contribution in [3.63, 3.8) is 0 Å². The van der Waals surface area contributed by atoms with Crippen LogP contribution >= 0.6 is 0 Å². The van der Waals surface area contributed by atoms with Crippen LogP contribution < -0.4 is 5.32 Å². The normalized spacial score (nSPS) is 37.3. The Morgan fingerprint density at radius 1 is 0.895 bits per heavy atom. The maximum Gasteiger partial charge on any atom is 0.0572 e. The lowest BCUT2D eigenvalue weighted by Crippen LogP contribution is -2.49. The molecule has 0 radical (unpaired) electrons. The van der Waals surface area contributed by atoms with Crippen molar-refractivity contribution < 1.29 is 4.74 Å². The lowest BCUT2D eigenvalue weighted by molar-refractivity contribution is 0.0536. The van der Waals surface area contributed by atoms with E-state index in [2.05, 4.69) is 26.1 Å². The first-order valence-corrected chi connectivity index (χ1v) is 8.29. The molecule has 0 saturated heterocycles. The Morgan fingerprint density at radius 3 is 2.11 bits per heavy atom. The van der Waals surface area contributed by atoms with Gasteiger partial charge in [0, 0.05) is 19.2 Å². The molecule has 0 spiro atoms. The van der Waals surface area contributed by atoms with Crippen molar-refractivity contribution >= 4 is 0 Å². The Hall–Kier alpha value is -0.0800. The Labute approximate surface area is 119 Å². The molecule has 0 heterocycles. The number of methoxy groups -OCH3 is 1. The lowest BCUT2D eigenvalue weighted by Gasteiger charge is -2.43. The first kappa shape index (κ1) is 15.3. The summed E-state index contributed by atoms with van der Waals surface area (Å²) in [5, 5.41) is 4.00. The number of ether oxygens (including phenoxy) is 1. The average Bonchev–Trinajstić information content (AvgIpc) is 2.39. The topological polar surface area (TPSA) is 21.3 Å². The summed E-state index contributed by atoms with van der Waals surface area (Å²) in [5.74, 6) is 0.849. The Morgan fingerprint density at radius 2 is 1.53 bits per heavy atom. The van der Waals surface area contributed by atoms with Crippen LogP contribution in [-0.4, -0.2) is 25.3 Å². The van der Waals surface area contributed by atoms with E-state index in [1.807, 2.05) is 7.11 Å². The first-order chi connectivity index (χ1) is 9.00. The van der Waals surface area contributed by atoms with Gasteiger partial charge < -0.3 is 10.1 Å². The highest BCUT2D eigenvalue weighted by molar-refractivity contribution is 4.91. The molecule has 19 heavy (non-hydrogen) atoms. The fourth-order valence-corrected chi connectivity index (χ4v) is 4.13. The third-order valence-corrected chi connectivity index (χ3v) is 5.34. The zero-order chi connectivity index (χ0) is 13.9. The van der Waals surface area contributed by atoms with Crippen LogP contribution in [0.1, 0.15) is 72.1 Å². The van der Waals surface area contributed by atoms with Crippen LogP contribution in [0.3, 0.4) is 0 Å². The van der Waals surface area contributed by atoms with E-state index in [1.165, 1.54) is 51.4 Å². The van der Waals surface area contributed by atoms with Gasteiger partial charge in [0.05, 0.1) is 6.10 Å². The number of rotatable bonds is 3. The second-order valence-corrected chi connectivity index (χ2v) is 7.74. The fourth-order valence-electron chi connectivity index (χ4n) is 4.13. The summed E-state index contributed by atoms with van der Waals surface area (Å²) in [4.78, 5) is 0. The molecule has 1 N–H and O–H groups in total. The van der Waals surface area contributed by atoms with Gasteiger partial charge in [0.15, 0.2) is 0 Å². The van der Waals surface area contributed by atoms with Crippen molar-refractivity contribution in [3.8, 4) is 0 Å². The maximum atomic E-state index is 5.48. The number of nitrogens with one attached hydrogen (secondary N) is 1. The predicted octanol–water partition coefficient (Wildman–Crippen LogP) is 4.14. The van der Waals surface area contributed by atoms with Crippen molar-refractivity contribution in [2.45, 2.75) is 90.3 Å². The monoisotopic (exact) mass is 267 g/mol. The molecular formula is C17H33NO. The molecule has 0 aromatic heterocycles. The van der Waals surface area contributed by atoms with Crippen LogP contribution in [0, 0.1) is 11.3 Å². The van der Waals surface area contributed by atoms with Gasteiger partial charge in [-0.3, -0.25) is 0 Å². The average molecular weight is 267 g/mol. The summed E-state index contributed by atoms with van der Waals surface area (Å²) < 4.78 is 5.48. The predicted molar refractivity (Wildman–Crippen MR) is 81.4 cm³/mol. The summed E-state index contributed by atoms with van der Waals surface area (Å²) >= 11 is 0. The minimum absolute atomic E-state index is 0.446. The largest absolute Gasteiger partial charge is 0.381 e. The molecule has 2 unspecified atom stereocenters. The van der Waals surface area contributed by atoms with E-state index in [-0.39, 0.29) is 0 Å². The smallest absolute Gasteiger partial charge is 0.0572 e. The molecule has 2 aliphatic rings. The van der Waals surface area contributed by atoms with E-state index in [4.69, 9.17) is 4.74 Å². The number of hydrogen-bond acceptors (Lipinski definition) is 2. The van der Waals surface area contributed by atoms with Crippen molar-refractivity contribution in [1.29, 1.82) is 0 Å². The molecule has 2 rings (SSSR count). The van der Waals surface area contributed by atoms with Crippen LogP contribution in [0.2, 0.25) is 0 Å². The summed E-state index contributed by atoms with van der Waals surface area (Å²) in [6, 6.07) is 1.48. The second-order valence-electron chi connectivity index (χ2n) is 7.74. The molecule has 0 aromatic carbocycles. The quantitative estimate of drug-likeness (QED) is 0.830. The van der Waals surface area contributed by atoms with Crippen molar-refractivity contribution in [1.82, 2.24) is 5.32 Å². The van der Waals surface area contributed by atoms with Crippen molar-refractivity contribution in [3.05, 3.63) is 0 Å². The van der Waals surface area contributed by atoms with Gasteiger partial charge in [-0.15, -0.1) is 0 Å². The fraction of sp³-hybridized carbons (Fsp3) is 1.00. The minimum Gasteiger partial charge on any atom is -0.381 e. The maximum absolute atomic E-state index is 5.48. The standard InChI is InChI=1S/C17H33NO/c1-17(2,3)15-7-5-6-8-16(15)18-13-9-11-14(19-4)12-10-13/h13-16,18H,5-12H2,1-4H3. The molecule has 0 aromatic rings. The molecule has 0 amide bonds. The Bertz CT molecular complexity index is 263. The van der Waals surface area contributed by atoms with Crippen LogP contribution in [0.4, 0.5) is 0 Å². The van der Waals surface area contributed by atoms with Gasteiger partial charge in [-0.2, -0.15) is 0 Å². The first-order valence-electron chi connectivity index (χ1n) is 8.29. The van der Waals surface area contributed by atoms with E-state index < -0.39 is 0 Å². The van der Waals surface area contributed by atoms with E-state index in [1.54, 1.807) is 0 Å². The highest BCUT2D eigenvalue weighted by Gasteiger charge is 2.35. The SMILES string of the molecule is COC1CCC(NC2CCCCC2C(C)(C)C)CC1. The number of hydrogen-bond donors (Lipinski definition) is 1. The highest BCUT2D eigenvalue weighted by atomic mass is 16.5. The Balaban J connectivity index is 1.86. The molecule has 2 atom stereocenters. The summed E-state index contributed by atoms with van der Waals surface area (Å²) in [7, 11) is 1.86. The van der Waals surface area contributed by atoms with E-state index >= 15 is 0 Å². The van der Waals surface area contributed by atoms with E-state index in [9.17, 15) is 0 Å². The molecule has 2 heteroatoms. The van der Waals surface area contributed by atoms with Gasteiger partial charge in [0.25, 0.3) is 0 Å². The van der Waals surface area contributed by atoms with Crippen molar-refractivity contribution in [2.24, 2.45) is 11.3 Å². The molecular weight excluding hydrogens is 234 g/mol. The summed E-state index contributed by atoms with van der Waals surface area (Å²) in [6.07, 6.45) is 11.2. The molecule has 2 fully saturated rings. The molecule has 0 bridgehead atoms. The van der Waals surface area contributed by atoms with Crippen LogP contribution in [0.25, 0.3) is 0 Å². The lowest BCUT2D eigenvalue weighted by atomic mass is 9.69. The molecule has 2 aliphatic carbocycles. The molecule has 2 nitrogen and oxygen atoms in total. The van der Waals surface area contributed by atoms with Gasteiger partial charge in [-0.1, -0.05) is 33.6 Å². The highest BCUT2D eigenvalue weighted by Crippen LogP contribution is 2.38. The van der Waals surface area contributed by atoms with Gasteiger partial charge in [0.2, 0.25) is 0 Å². The van der Waals surface area contributed by atoms with Gasteiger partial charge in [-0.25, -0.2) is 0 Å². The third kappa shape index (κ3) is 4.19. The van der Waals surface area contributed by atoms with Crippen LogP contribution in [0.15, 0.2) is 0 Å². The van der Waals surface area contributed by atoms with E-state index in [0.717, 1.165) is 18.0 Å². The third-order valence-electron chi connectivity index (χ3n) is 5.34. The minimum atomic E-state index is 0.446. The second kappa shape index (κ2) is 6.58. The van der Waals surface area contributed by atoms with E-state index in [0.29, 0.717) is 11.5 Å². The molecule has 0 aliphatic heterocycles. The van der Waals surface area contributed by atoms with Gasteiger partial charge in [-0.05, 0) is 49.9 Å².